The highest BCUT2D eigenvalue weighted by atomic mass is 35.5. The number of amides is 1. The van der Waals surface area contributed by atoms with E-state index in [9.17, 15) is 9.90 Å². The predicted molar refractivity (Wildman–Crippen MR) is 84.0 cm³/mol. The number of halogens is 3. The molecule has 0 saturated heterocycles. The van der Waals surface area contributed by atoms with E-state index in [1.54, 1.807) is 12.1 Å². The standard InChI is InChI=1S/C14H10Cl3NO3/c1-7(19)18-11-6-14(12(20)5-9(11)16)21-13-3-2-8(15)4-10(13)17/h2-6,20H,1H3,(H,18,19). The predicted octanol–water partition coefficient (Wildman–Crippen LogP) is 5.10. The van der Waals surface area contributed by atoms with Gasteiger partial charge in [-0.15, -0.1) is 0 Å². The van der Waals surface area contributed by atoms with Crippen LogP contribution in [0, 0.1) is 0 Å². The van der Waals surface area contributed by atoms with Crippen LogP contribution in [0.1, 0.15) is 6.92 Å². The number of benzene rings is 2. The number of nitrogens with one attached hydrogen (secondary N) is 1. The molecule has 0 aliphatic heterocycles. The van der Waals surface area contributed by atoms with Crippen molar-refractivity contribution in [3.05, 3.63) is 45.4 Å². The molecule has 2 rings (SSSR count). The van der Waals surface area contributed by atoms with E-state index in [1.807, 2.05) is 0 Å². The first-order chi connectivity index (χ1) is 9.86. The van der Waals surface area contributed by atoms with Crippen LogP contribution in [0.5, 0.6) is 17.2 Å². The van der Waals surface area contributed by atoms with E-state index in [1.165, 1.54) is 25.1 Å². The van der Waals surface area contributed by atoms with Crippen LogP contribution in [0.2, 0.25) is 15.1 Å². The number of ether oxygens (including phenoxy) is 1. The van der Waals surface area contributed by atoms with E-state index in [0.29, 0.717) is 16.5 Å². The zero-order valence-electron chi connectivity index (χ0n) is 10.8. The van der Waals surface area contributed by atoms with E-state index >= 15 is 0 Å². The molecule has 0 aliphatic rings. The van der Waals surface area contributed by atoms with Gasteiger partial charge in [0.15, 0.2) is 11.5 Å². The third kappa shape index (κ3) is 3.94. The van der Waals surface area contributed by atoms with Crippen molar-refractivity contribution in [2.45, 2.75) is 6.92 Å². The molecule has 2 N–H and O–H groups in total. The minimum atomic E-state index is -0.293. The third-order valence-corrected chi connectivity index (χ3v) is 3.32. The molecular formula is C14H10Cl3NO3. The fraction of sp³-hybridized carbons (Fsp3) is 0.0714. The molecule has 7 heteroatoms. The quantitative estimate of drug-likeness (QED) is 0.760. The van der Waals surface area contributed by atoms with E-state index in [4.69, 9.17) is 39.5 Å². The second-order valence-corrected chi connectivity index (χ2v) is 5.41. The van der Waals surface area contributed by atoms with Gasteiger partial charge in [-0.2, -0.15) is 0 Å². The lowest BCUT2D eigenvalue weighted by atomic mass is 10.2. The van der Waals surface area contributed by atoms with Crippen molar-refractivity contribution in [1.82, 2.24) is 0 Å². The van der Waals surface area contributed by atoms with Gasteiger partial charge in [0.05, 0.1) is 15.7 Å². The molecule has 0 atom stereocenters. The Morgan fingerprint density at radius 1 is 1.10 bits per heavy atom. The van der Waals surface area contributed by atoms with Gasteiger partial charge >= 0.3 is 0 Å². The number of hydrogen-bond acceptors (Lipinski definition) is 3. The van der Waals surface area contributed by atoms with Crippen LogP contribution in [0.15, 0.2) is 30.3 Å². The minimum Gasteiger partial charge on any atom is -0.504 e. The summed E-state index contributed by atoms with van der Waals surface area (Å²) in [6.45, 7) is 1.35. The summed E-state index contributed by atoms with van der Waals surface area (Å²) >= 11 is 17.7. The van der Waals surface area contributed by atoms with Gasteiger partial charge in [-0.05, 0) is 18.2 Å². The molecule has 0 unspecified atom stereocenters. The zero-order valence-corrected chi connectivity index (χ0v) is 13.1. The lowest BCUT2D eigenvalue weighted by Gasteiger charge is -2.12. The molecule has 0 fully saturated rings. The summed E-state index contributed by atoms with van der Waals surface area (Å²) in [6, 6.07) is 7.36. The highest BCUT2D eigenvalue weighted by molar-refractivity contribution is 6.35. The van der Waals surface area contributed by atoms with Crippen molar-refractivity contribution in [2.75, 3.05) is 5.32 Å². The number of aromatic hydroxyl groups is 1. The molecular weight excluding hydrogens is 337 g/mol. The maximum atomic E-state index is 11.1. The number of carbonyl (C=O) groups is 1. The number of hydrogen-bond donors (Lipinski definition) is 2. The fourth-order valence-corrected chi connectivity index (χ4v) is 2.24. The molecule has 1 amide bonds. The van der Waals surface area contributed by atoms with Gasteiger partial charge in [-0.3, -0.25) is 4.79 Å². The normalized spacial score (nSPS) is 10.3. The Morgan fingerprint density at radius 3 is 2.43 bits per heavy atom. The first-order valence-electron chi connectivity index (χ1n) is 5.80. The molecule has 0 spiro atoms. The third-order valence-electron chi connectivity index (χ3n) is 2.47. The van der Waals surface area contributed by atoms with Crippen LogP contribution in [0.25, 0.3) is 0 Å². The number of carbonyl (C=O) groups excluding carboxylic acids is 1. The Labute approximate surface area is 136 Å². The molecule has 0 radical (unpaired) electrons. The first kappa shape index (κ1) is 15.8. The van der Waals surface area contributed by atoms with E-state index in [2.05, 4.69) is 5.32 Å². The Morgan fingerprint density at radius 2 is 1.81 bits per heavy atom. The van der Waals surface area contributed by atoms with Gasteiger partial charge in [0.25, 0.3) is 0 Å². The maximum Gasteiger partial charge on any atom is 0.221 e. The highest BCUT2D eigenvalue weighted by Gasteiger charge is 2.12. The van der Waals surface area contributed by atoms with Crippen molar-refractivity contribution < 1.29 is 14.6 Å². The van der Waals surface area contributed by atoms with Gasteiger partial charge in [-0.25, -0.2) is 0 Å². The molecule has 21 heavy (non-hydrogen) atoms. The monoisotopic (exact) mass is 345 g/mol. The molecule has 0 heterocycles. The lowest BCUT2D eigenvalue weighted by molar-refractivity contribution is -0.114. The average molecular weight is 347 g/mol. The molecule has 2 aromatic carbocycles. The minimum absolute atomic E-state index is 0.104. The van der Waals surface area contributed by atoms with Crippen molar-refractivity contribution in [2.24, 2.45) is 0 Å². The molecule has 0 aromatic heterocycles. The van der Waals surface area contributed by atoms with Gasteiger partial charge < -0.3 is 15.2 Å². The molecule has 0 bridgehead atoms. The number of phenols is 1. The van der Waals surface area contributed by atoms with E-state index in [0.717, 1.165) is 0 Å². The van der Waals surface area contributed by atoms with Crippen LogP contribution < -0.4 is 10.1 Å². The number of phenolic OH excluding ortho intramolecular Hbond substituents is 1. The summed E-state index contributed by atoms with van der Waals surface area (Å²) in [4.78, 5) is 11.1. The van der Waals surface area contributed by atoms with Crippen LogP contribution in [0.3, 0.4) is 0 Å². The summed E-state index contributed by atoms with van der Waals surface area (Å²) in [7, 11) is 0. The molecule has 0 aliphatic carbocycles. The van der Waals surface area contributed by atoms with Crippen LogP contribution in [-0.2, 0) is 4.79 Å². The van der Waals surface area contributed by atoms with Gasteiger partial charge in [0.2, 0.25) is 5.91 Å². The Kier molecular flexibility index (Phi) is 4.83. The zero-order chi connectivity index (χ0) is 15.6. The summed E-state index contributed by atoms with van der Waals surface area (Å²) in [5, 5.41) is 13.3. The van der Waals surface area contributed by atoms with Crippen LogP contribution in [-0.4, -0.2) is 11.0 Å². The Balaban J connectivity index is 2.37. The van der Waals surface area contributed by atoms with Crippen LogP contribution >= 0.6 is 34.8 Å². The number of rotatable bonds is 3. The second kappa shape index (κ2) is 6.43. The van der Waals surface area contributed by atoms with Gasteiger partial charge in [-0.1, -0.05) is 34.8 Å². The highest BCUT2D eigenvalue weighted by Crippen LogP contribution is 2.40. The summed E-state index contributed by atoms with van der Waals surface area (Å²) in [5.74, 6) is -0.0574. The van der Waals surface area contributed by atoms with Gasteiger partial charge in [0, 0.05) is 24.1 Å². The average Bonchev–Trinajstić information content (AvgIpc) is 2.37. The lowest BCUT2D eigenvalue weighted by Crippen LogP contribution is -2.06. The summed E-state index contributed by atoms with van der Waals surface area (Å²) in [5.41, 5.74) is 0.321. The van der Waals surface area contributed by atoms with Crippen molar-refractivity contribution in [3.63, 3.8) is 0 Å². The number of anilines is 1. The summed E-state index contributed by atoms with van der Waals surface area (Å²) in [6.07, 6.45) is 0. The molecule has 2 aromatic rings. The fourth-order valence-electron chi connectivity index (χ4n) is 1.59. The first-order valence-corrected chi connectivity index (χ1v) is 6.93. The Bertz CT molecular complexity index is 704. The topological polar surface area (TPSA) is 58.6 Å². The largest absolute Gasteiger partial charge is 0.504 e. The molecule has 4 nitrogen and oxygen atoms in total. The molecule has 110 valence electrons. The van der Waals surface area contributed by atoms with E-state index < -0.39 is 0 Å². The van der Waals surface area contributed by atoms with Crippen molar-refractivity contribution in [1.29, 1.82) is 0 Å². The van der Waals surface area contributed by atoms with Crippen molar-refractivity contribution >= 4 is 46.4 Å². The smallest absolute Gasteiger partial charge is 0.221 e. The Hall–Kier alpha value is -1.62. The summed E-state index contributed by atoms with van der Waals surface area (Å²) < 4.78 is 5.52. The van der Waals surface area contributed by atoms with Gasteiger partial charge in [0.1, 0.15) is 5.75 Å². The second-order valence-electron chi connectivity index (χ2n) is 4.16. The van der Waals surface area contributed by atoms with Crippen molar-refractivity contribution in [3.8, 4) is 17.2 Å². The maximum absolute atomic E-state index is 11.1. The SMILES string of the molecule is CC(=O)Nc1cc(Oc2ccc(Cl)cc2Cl)c(O)cc1Cl. The van der Waals surface area contributed by atoms with E-state index in [-0.39, 0.29) is 27.5 Å². The van der Waals surface area contributed by atoms with Crippen LogP contribution in [0.4, 0.5) is 5.69 Å². The molecule has 0 saturated carbocycles.